The van der Waals surface area contributed by atoms with E-state index in [1.54, 1.807) is 0 Å². The van der Waals surface area contributed by atoms with Crippen molar-refractivity contribution in [1.82, 2.24) is 0 Å². The molecule has 6 nitrogen and oxygen atoms in total. The molecule has 6 atom stereocenters. The minimum atomic E-state index is -0.424. The number of azo groups is 1. The Morgan fingerprint density at radius 3 is 2.70 bits per heavy atom. The van der Waals surface area contributed by atoms with Gasteiger partial charge in [-0.05, 0) is 24.3 Å². The van der Waals surface area contributed by atoms with E-state index < -0.39 is 11.6 Å². The van der Waals surface area contributed by atoms with E-state index in [4.69, 9.17) is 0 Å². The van der Waals surface area contributed by atoms with Gasteiger partial charge in [-0.2, -0.15) is 15.3 Å². The second-order valence-electron chi connectivity index (χ2n) is 5.94. The molecule has 0 radical (unpaired) electrons. The smallest absolute Gasteiger partial charge is 0.118 e. The zero-order chi connectivity index (χ0) is 13.5. The Kier molecular flexibility index (Phi) is 1.96. The van der Waals surface area contributed by atoms with E-state index in [9.17, 15) is 5.11 Å². The van der Waals surface area contributed by atoms with Crippen molar-refractivity contribution in [2.75, 3.05) is 5.01 Å². The lowest BCUT2D eigenvalue weighted by atomic mass is 9.49. The number of aliphatic hydroxyl groups is 1. The van der Waals surface area contributed by atoms with Crippen LogP contribution in [-0.4, -0.2) is 34.9 Å². The van der Waals surface area contributed by atoms with E-state index in [1.807, 2.05) is 29.3 Å². The van der Waals surface area contributed by atoms with E-state index in [0.29, 0.717) is 0 Å². The van der Waals surface area contributed by atoms with Crippen LogP contribution in [0.2, 0.25) is 0 Å². The maximum atomic E-state index is 10.6. The molecule has 0 amide bonds. The predicted octanol–water partition coefficient (Wildman–Crippen LogP) is 2.34. The number of nitrogens with zero attached hydrogens (tertiary/aromatic N) is 5. The normalized spacial score (nSPS) is 46.5. The standard InChI is InChI=1S/C13H12BrN5O/c14-6-1-3-7(4-2-6)19-13-5-8-10(16-15-8)9(12(13)20)11(13)17-18-19/h1-4,8-12,20H,5H2. The van der Waals surface area contributed by atoms with Gasteiger partial charge in [-0.1, -0.05) is 21.2 Å². The van der Waals surface area contributed by atoms with Gasteiger partial charge >= 0.3 is 0 Å². The highest BCUT2D eigenvalue weighted by molar-refractivity contribution is 9.10. The van der Waals surface area contributed by atoms with Crippen molar-refractivity contribution in [3.05, 3.63) is 28.7 Å². The van der Waals surface area contributed by atoms with Crippen molar-refractivity contribution in [2.45, 2.75) is 36.2 Å². The first-order valence-electron chi connectivity index (χ1n) is 6.76. The molecule has 2 heterocycles. The molecule has 0 aromatic heterocycles. The molecular weight excluding hydrogens is 322 g/mol. The second kappa shape index (κ2) is 3.46. The Morgan fingerprint density at radius 2 is 2.00 bits per heavy atom. The van der Waals surface area contributed by atoms with Crippen molar-refractivity contribution in [3.8, 4) is 0 Å². The van der Waals surface area contributed by atoms with E-state index in [0.717, 1.165) is 16.6 Å². The van der Waals surface area contributed by atoms with E-state index in [-0.39, 0.29) is 24.0 Å². The minimum absolute atomic E-state index is 0.0571. The second-order valence-corrected chi connectivity index (χ2v) is 6.86. The summed E-state index contributed by atoms with van der Waals surface area (Å²) in [5, 5.41) is 29.6. The van der Waals surface area contributed by atoms with Crippen LogP contribution in [0.3, 0.4) is 0 Å². The fourth-order valence-corrected chi connectivity index (χ4v) is 4.42. The van der Waals surface area contributed by atoms with Crippen LogP contribution >= 0.6 is 15.9 Å². The Labute approximate surface area is 123 Å². The van der Waals surface area contributed by atoms with Gasteiger partial charge in [0.25, 0.3) is 0 Å². The molecule has 3 saturated carbocycles. The van der Waals surface area contributed by atoms with Crippen LogP contribution in [0.5, 0.6) is 0 Å². The Morgan fingerprint density at radius 1 is 1.20 bits per heavy atom. The van der Waals surface area contributed by atoms with Gasteiger partial charge in [0, 0.05) is 16.8 Å². The van der Waals surface area contributed by atoms with Crippen LogP contribution in [0.4, 0.5) is 5.69 Å². The van der Waals surface area contributed by atoms with Crippen molar-refractivity contribution >= 4 is 21.6 Å². The van der Waals surface area contributed by atoms with Gasteiger partial charge in [-0.15, -0.1) is 0 Å². The molecule has 20 heavy (non-hydrogen) atoms. The lowest BCUT2D eigenvalue weighted by Gasteiger charge is -2.64. The van der Waals surface area contributed by atoms with Crippen molar-refractivity contribution in [1.29, 1.82) is 0 Å². The predicted molar refractivity (Wildman–Crippen MR) is 74.5 cm³/mol. The topological polar surface area (TPSA) is 72.9 Å². The molecule has 1 aromatic carbocycles. The summed E-state index contributed by atoms with van der Waals surface area (Å²) in [5.41, 5.74) is 0.561. The Bertz CT molecular complexity index is 647. The molecule has 1 N–H and O–H groups in total. The quantitative estimate of drug-likeness (QED) is 0.856. The summed E-state index contributed by atoms with van der Waals surface area (Å²) >= 11 is 3.44. The number of anilines is 1. The number of aliphatic hydroxyl groups excluding tert-OH is 1. The third-order valence-corrected chi connectivity index (χ3v) is 5.69. The van der Waals surface area contributed by atoms with Crippen molar-refractivity contribution < 1.29 is 5.11 Å². The fraction of sp³-hybridized carbons (Fsp3) is 0.538. The molecule has 5 aliphatic rings. The van der Waals surface area contributed by atoms with Crippen molar-refractivity contribution in [2.24, 2.45) is 26.5 Å². The molecule has 7 heteroatoms. The van der Waals surface area contributed by atoms with Crippen LogP contribution in [0.25, 0.3) is 0 Å². The molecule has 2 bridgehead atoms. The third kappa shape index (κ3) is 1.07. The molecule has 6 rings (SSSR count). The maximum Gasteiger partial charge on any atom is 0.118 e. The average Bonchev–Trinajstić information content (AvgIpc) is 2.77. The maximum absolute atomic E-state index is 10.6. The minimum Gasteiger partial charge on any atom is -0.390 e. The summed E-state index contributed by atoms with van der Waals surface area (Å²) in [5.74, 6) is 0.0930. The van der Waals surface area contributed by atoms with Gasteiger partial charge in [0.1, 0.15) is 17.6 Å². The number of halogens is 1. The number of hydrogen-bond acceptors (Lipinski definition) is 6. The largest absolute Gasteiger partial charge is 0.390 e. The SMILES string of the molecule is OC1C2C3N=NC3CC13C2N=NN3c1ccc(Br)cc1. The highest BCUT2D eigenvalue weighted by atomic mass is 79.9. The highest BCUT2D eigenvalue weighted by Gasteiger charge is 2.76. The molecular formula is C13H12BrN5O. The first-order valence-corrected chi connectivity index (χ1v) is 7.56. The molecule has 3 fully saturated rings. The van der Waals surface area contributed by atoms with Crippen LogP contribution in [-0.2, 0) is 0 Å². The van der Waals surface area contributed by atoms with Gasteiger partial charge in [0.05, 0.1) is 17.8 Å². The lowest BCUT2D eigenvalue weighted by Crippen LogP contribution is -2.82. The number of hydrogen-bond donors (Lipinski definition) is 1. The van der Waals surface area contributed by atoms with Crippen LogP contribution in [0.1, 0.15) is 6.42 Å². The van der Waals surface area contributed by atoms with E-state index in [1.165, 1.54) is 0 Å². The molecule has 2 aliphatic heterocycles. The van der Waals surface area contributed by atoms with Gasteiger partial charge in [-0.3, -0.25) is 0 Å². The summed E-state index contributed by atoms with van der Waals surface area (Å²) < 4.78 is 1.02. The average molecular weight is 334 g/mol. The molecule has 3 aliphatic carbocycles. The molecule has 1 aromatic rings. The zero-order valence-electron chi connectivity index (χ0n) is 10.5. The Hall–Kier alpha value is -1.34. The molecule has 6 unspecified atom stereocenters. The Balaban J connectivity index is 1.58. The monoisotopic (exact) mass is 333 g/mol. The van der Waals surface area contributed by atoms with Gasteiger partial charge in [0.15, 0.2) is 0 Å². The van der Waals surface area contributed by atoms with E-state index >= 15 is 0 Å². The third-order valence-electron chi connectivity index (χ3n) is 5.16. The van der Waals surface area contributed by atoms with Crippen LogP contribution in [0, 0.1) is 5.92 Å². The molecule has 1 spiro atoms. The van der Waals surface area contributed by atoms with Gasteiger partial charge in [0.2, 0.25) is 0 Å². The first kappa shape index (κ1) is 11.3. The van der Waals surface area contributed by atoms with Gasteiger partial charge in [-0.25, -0.2) is 5.01 Å². The molecule has 102 valence electrons. The van der Waals surface area contributed by atoms with Crippen LogP contribution < -0.4 is 5.01 Å². The summed E-state index contributed by atoms with van der Waals surface area (Å²) in [7, 11) is 0. The fourth-order valence-electron chi connectivity index (χ4n) is 4.16. The molecule has 0 saturated heterocycles. The first-order chi connectivity index (χ1) is 9.72. The number of rotatable bonds is 1. The summed E-state index contributed by atoms with van der Waals surface area (Å²) in [4.78, 5) is 0. The van der Waals surface area contributed by atoms with Gasteiger partial charge < -0.3 is 5.11 Å². The van der Waals surface area contributed by atoms with Crippen molar-refractivity contribution in [3.63, 3.8) is 0 Å². The summed E-state index contributed by atoms with van der Waals surface area (Å²) in [6.07, 6.45) is 0.360. The summed E-state index contributed by atoms with van der Waals surface area (Å²) in [6, 6.07) is 8.39. The number of benzene rings is 1. The zero-order valence-corrected chi connectivity index (χ0v) is 12.1. The lowest BCUT2D eigenvalue weighted by molar-refractivity contribution is -0.133. The highest BCUT2D eigenvalue weighted by Crippen LogP contribution is 2.61. The van der Waals surface area contributed by atoms with E-state index in [2.05, 4.69) is 36.5 Å². The summed E-state index contributed by atoms with van der Waals surface area (Å²) in [6.45, 7) is 0. The van der Waals surface area contributed by atoms with Crippen LogP contribution in [0.15, 0.2) is 49.3 Å².